The van der Waals surface area contributed by atoms with Gasteiger partial charge < -0.3 is 9.64 Å². The van der Waals surface area contributed by atoms with Crippen LogP contribution in [0.3, 0.4) is 0 Å². The molecule has 0 bridgehead atoms. The van der Waals surface area contributed by atoms with E-state index in [9.17, 15) is 13.2 Å². The lowest BCUT2D eigenvalue weighted by molar-refractivity contribution is -0.130. The summed E-state index contributed by atoms with van der Waals surface area (Å²) in [7, 11) is -2.58. The first-order chi connectivity index (χ1) is 13.4. The molecule has 0 unspecified atom stereocenters. The van der Waals surface area contributed by atoms with E-state index >= 15 is 0 Å². The molecule has 0 atom stereocenters. The van der Waals surface area contributed by atoms with Gasteiger partial charge in [0.2, 0.25) is 0 Å². The van der Waals surface area contributed by atoms with Crippen molar-refractivity contribution < 1.29 is 17.9 Å². The lowest BCUT2D eigenvalue weighted by Gasteiger charge is -2.34. The van der Waals surface area contributed by atoms with Gasteiger partial charge in [0.1, 0.15) is 0 Å². The number of amides is 1. The lowest BCUT2D eigenvalue weighted by Crippen LogP contribution is -2.45. The van der Waals surface area contributed by atoms with Gasteiger partial charge in [0.15, 0.2) is 4.91 Å². The van der Waals surface area contributed by atoms with Gasteiger partial charge in [-0.2, -0.15) is 0 Å². The Morgan fingerprint density at radius 1 is 1.07 bits per heavy atom. The SMILES string of the molecule is CN1c2ccc(Cl)cc2C(c2ccccc2)=C(C(=O)N2CCOCC2)S1(=O)=O. The Labute approximate surface area is 169 Å². The molecule has 146 valence electrons. The molecular weight excluding hydrogens is 400 g/mol. The highest BCUT2D eigenvalue weighted by Crippen LogP contribution is 2.43. The summed E-state index contributed by atoms with van der Waals surface area (Å²) in [4.78, 5) is 14.7. The van der Waals surface area contributed by atoms with Crippen LogP contribution in [-0.4, -0.2) is 52.6 Å². The topological polar surface area (TPSA) is 66.9 Å². The average Bonchev–Trinajstić information content (AvgIpc) is 2.71. The molecule has 6 nitrogen and oxygen atoms in total. The van der Waals surface area contributed by atoms with Gasteiger partial charge >= 0.3 is 0 Å². The summed E-state index contributed by atoms with van der Waals surface area (Å²) in [6, 6.07) is 14.1. The van der Waals surface area contributed by atoms with Crippen LogP contribution in [0.2, 0.25) is 5.02 Å². The van der Waals surface area contributed by atoms with E-state index in [1.807, 2.05) is 18.2 Å². The van der Waals surface area contributed by atoms with Crippen molar-refractivity contribution >= 4 is 38.8 Å². The summed E-state index contributed by atoms with van der Waals surface area (Å²) in [6.07, 6.45) is 0. The number of ether oxygens (including phenoxy) is 1. The molecule has 1 saturated heterocycles. The first-order valence-electron chi connectivity index (χ1n) is 8.87. The predicted molar refractivity (Wildman–Crippen MR) is 109 cm³/mol. The lowest BCUT2D eigenvalue weighted by atomic mass is 9.95. The van der Waals surface area contributed by atoms with E-state index < -0.39 is 15.9 Å². The third-order valence-corrected chi connectivity index (χ3v) is 7.02. The Morgan fingerprint density at radius 2 is 1.75 bits per heavy atom. The minimum atomic E-state index is -4.04. The third kappa shape index (κ3) is 3.09. The summed E-state index contributed by atoms with van der Waals surface area (Å²) in [5.74, 6) is -0.514. The number of sulfonamides is 1. The van der Waals surface area contributed by atoms with Crippen molar-refractivity contribution in [2.75, 3.05) is 37.7 Å². The highest BCUT2D eigenvalue weighted by atomic mass is 35.5. The molecule has 1 amide bonds. The van der Waals surface area contributed by atoms with E-state index in [4.69, 9.17) is 16.3 Å². The number of hydrogen-bond acceptors (Lipinski definition) is 4. The second kappa shape index (κ2) is 7.24. The zero-order valence-corrected chi connectivity index (χ0v) is 16.8. The van der Waals surface area contributed by atoms with Crippen LogP contribution in [0.25, 0.3) is 5.57 Å². The summed E-state index contributed by atoms with van der Waals surface area (Å²) in [5.41, 5.74) is 2.14. The van der Waals surface area contributed by atoms with Gasteiger partial charge in [0, 0.05) is 36.3 Å². The maximum Gasteiger partial charge on any atom is 0.270 e. The van der Waals surface area contributed by atoms with E-state index in [0.29, 0.717) is 53.7 Å². The quantitative estimate of drug-likeness (QED) is 0.752. The zero-order valence-electron chi connectivity index (χ0n) is 15.3. The maximum atomic E-state index is 13.4. The molecule has 28 heavy (non-hydrogen) atoms. The Bertz CT molecular complexity index is 1060. The van der Waals surface area contributed by atoms with E-state index in [1.165, 1.54) is 11.9 Å². The molecule has 2 aromatic carbocycles. The second-order valence-electron chi connectivity index (χ2n) is 6.61. The molecule has 2 heterocycles. The number of anilines is 1. The number of carbonyl (C=O) groups excluding carboxylic acids is 1. The van der Waals surface area contributed by atoms with Crippen LogP contribution in [0.15, 0.2) is 53.4 Å². The Kier molecular flexibility index (Phi) is 4.91. The van der Waals surface area contributed by atoms with Gasteiger partial charge in [-0.25, -0.2) is 8.42 Å². The number of fused-ring (bicyclic) bond motifs is 1. The molecule has 0 radical (unpaired) electrons. The number of carbonyl (C=O) groups is 1. The van der Waals surface area contributed by atoms with Crippen molar-refractivity contribution in [1.29, 1.82) is 0 Å². The molecule has 0 spiro atoms. The van der Waals surface area contributed by atoms with E-state index in [0.717, 1.165) is 4.31 Å². The largest absolute Gasteiger partial charge is 0.378 e. The van der Waals surface area contributed by atoms with Gasteiger partial charge in [-0.3, -0.25) is 9.10 Å². The van der Waals surface area contributed by atoms with Crippen molar-refractivity contribution in [2.45, 2.75) is 0 Å². The minimum Gasteiger partial charge on any atom is -0.378 e. The average molecular weight is 419 g/mol. The van der Waals surface area contributed by atoms with Gasteiger partial charge in [0.05, 0.1) is 18.9 Å². The Morgan fingerprint density at radius 3 is 2.43 bits per heavy atom. The highest BCUT2D eigenvalue weighted by molar-refractivity contribution is 7.97. The summed E-state index contributed by atoms with van der Waals surface area (Å²) in [5, 5.41) is 0.470. The maximum absolute atomic E-state index is 13.4. The van der Waals surface area contributed by atoms with E-state index in [2.05, 4.69) is 0 Å². The van der Waals surface area contributed by atoms with Crippen LogP contribution in [0.5, 0.6) is 0 Å². The van der Waals surface area contributed by atoms with Crippen LogP contribution in [-0.2, 0) is 19.6 Å². The molecule has 2 aliphatic heterocycles. The van der Waals surface area contributed by atoms with Gasteiger partial charge in [0.25, 0.3) is 15.9 Å². The number of morpholine rings is 1. The number of nitrogens with zero attached hydrogens (tertiary/aromatic N) is 2. The van der Waals surface area contributed by atoms with Crippen molar-refractivity contribution in [3.05, 3.63) is 69.6 Å². The van der Waals surface area contributed by atoms with Crippen molar-refractivity contribution in [3.8, 4) is 0 Å². The molecule has 0 saturated carbocycles. The Balaban J connectivity index is 2.03. The highest BCUT2D eigenvalue weighted by Gasteiger charge is 2.41. The van der Waals surface area contributed by atoms with Crippen LogP contribution < -0.4 is 4.31 Å². The van der Waals surface area contributed by atoms with Crippen molar-refractivity contribution in [2.24, 2.45) is 0 Å². The number of benzene rings is 2. The predicted octanol–water partition coefficient (Wildman–Crippen LogP) is 2.74. The minimum absolute atomic E-state index is 0.224. The summed E-state index contributed by atoms with van der Waals surface area (Å²) >= 11 is 6.22. The molecule has 0 aromatic heterocycles. The standard InChI is InChI=1S/C20H19ClN2O4S/c1-22-17-8-7-15(21)13-16(17)18(14-5-3-2-4-6-14)19(28(22,25)26)20(24)23-9-11-27-12-10-23/h2-8,13H,9-12H2,1H3. The first-order valence-corrected chi connectivity index (χ1v) is 10.7. The zero-order chi connectivity index (χ0) is 19.9. The van der Waals surface area contributed by atoms with Gasteiger partial charge in [-0.15, -0.1) is 0 Å². The smallest absolute Gasteiger partial charge is 0.270 e. The first kappa shape index (κ1) is 19.0. The molecule has 0 N–H and O–H groups in total. The molecule has 0 aliphatic carbocycles. The number of hydrogen-bond donors (Lipinski definition) is 0. The van der Waals surface area contributed by atoms with Crippen LogP contribution >= 0.6 is 11.6 Å². The normalized spacial score (nSPS) is 18.8. The fourth-order valence-electron chi connectivity index (χ4n) is 3.52. The number of halogens is 1. The number of rotatable bonds is 2. The van der Waals surface area contributed by atoms with Gasteiger partial charge in [-0.1, -0.05) is 41.9 Å². The van der Waals surface area contributed by atoms with Crippen LogP contribution in [0.4, 0.5) is 5.69 Å². The monoisotopic (exact) mass is 418 g/mol. The molecular formula is C20H19ClN2O4S. The second-order valence-corrected chi connectivity index (χ2v) is 8.95. The third-order valence-electron chi connectivity index (χ3n) is 4.97. The fourth-order valence-corrected chi connectivity index (χ4v) is 5.22. The van der Waals surface area contributed by atoms with E-state index in [-0.39, 0.29) is 4.91 Å². The van der Waals surface area contributed by atoms with E-state index in [1.54, 1.807) is 30.3 Å². The fraction of sp³-hybridized carbons (Fsp3) is 0.250. The molecule has 2 aromatic rings. The van der Waals surface area contributed by atoms with Crippen LogP contribution in [0, 0.1) is 0 Å². The summed E-state index contributed by atoms with van der Waals surface area (Å²) in [6.45, 7) is 1.48. The molecule has 8 heteroatoms. The van der Waals surface area contributed by atoms with Crippen molar-refractivity contribution in [3.63, 3.8) is 0 Å². The van der Waals surface area contributed by atoms with Crippen molar-refractivity contribution in [1.82, 2.24) is 4.90 Å². The summed E-state index contributed by atoms with van der Waals surface area (Å²) < 4.78 is 33.2. The van der Waals surface area contributed by atoms with Gasteiger partial charge in [-0.05, 0) is 23.8 Å². The molecule has 1 fully saturated rings. The van der Waals surface area contributed by atoms with Crippen LogP contribution in [0.1, 0.15) is 11.1 Å². The molecule has 2 aliphatic rings. The Hall–Kier alpha value is -2.35. The molecule has 4 rings (SSSR count).